The highest BCUT2D eigenvalue weighted by molar-refractivity contribution is 7.89. The predicted octanol–water partition coefficient (Wildman–Crippen LogP) is 2.79. The van der Waals surface area contributed by atoms with E-state index in [4.69, 9.17) is 4.74 Å². The van der Waals surface area contributed by atoms with E-state index in [1.165, 1.54) is 12.1 Å². The van der Waals surface area contributed by atoms with Crippen molar-refractivity contribution in [1.29, 1.82) is 0 Å². The van der Waals surface area contributed by atoms with Gasteiger partial charge in [0.15, 0.2) is 5.96 Å². The van der Waals surface area contributed by atoms with E-state index < -0.39 is 10.0 Å². The maximum Gasteiger partial charge on any atom is 0.240 e. The van der Waals surface area contributed by atoms with Crippen LogP contribution in [0.3, 0.4) is 0 Å². The van der Waals surface area contributed by atoms with Crippen molar-refractivity contribution in [3.05, 3.63) is 59.9 Å². The SMILES string of the molecule is CCNC(=NCc1ccc(S(=O)(=O)NC2CC2)cc1)NCC(C)Oc1ccc(F)cc1. The van der Waals surface area contributed by atoms with Gasteiger partial charge in [0.1, 0.15) is 17.7 Å². The molecule has 0 aromatic heterocycles. The van der Waals surface area contributed by atoms with E-state index in [0.29, 0.717) is 31.3 Å². The monoisotopic (exact) mass is 448 g/mol. The van der Waals surface area contributed by atoms with E-state index in [0.717, 1.165) is 18.4 Å². The summed E-state index contributed by atoms with van der Waals surface area (Å²) in [4.78, 5) is 4.82. The Hall–Kier alpha value is -2.65. The van der Waals surface area contributed by atoms with Gasteiger partial charge in [0, 0.05) is 12.6 Å². The molecule has 7 nitrogen and oxygen atoms in total. The summed E-state index contributed by atoms with van der Waals surface area (Å²) in [5.74, 6) is 0.928. The minimum absolute atomic E-state index is 0.0810. The fourth-order valence-corrected chi connectivity index (χ4v) is 4.11. The number of benzene rings is 2. The largest absolute Gasteiger partial charge is 0.489 e. The molecule has 1 unspecified atom stereocenters. The quantitative estimate of drug-likeness (QED) is 0.384. The molecule has 2 aromatic carbocycles. The third-order valence-corrected chi connectivity index (χ3v) is 6.14. The number of rotatable bonds is 10. The highest BCUT2D eigenvalue weighted by atomic mass is 32.2. The normalized spacial score (nSPS) is 15.4. The third kappa shape index (κ3) is 7.52. The molecular weight excluding hydrogens is 419 g/mol. The molecule has 1 aliphatic rings. The lowest BCUT2D eigenvalue weighted by Crippen LogP contribution is -2.41. The fraction of sp³-hybridized carbons (Fsp3) is 0.409. The van der Waals surface area contributed by atoms with Crippen LogP contribution in [0.2, 0.25) is 0 Å². The Kier molecular flexibility index (Phi) is 7.86. The molecule has 168 valence electrons. The van der Waals surface area contributed by atoms with Crippen molar-refractivity contribution in [3.63, 3.8) is 0 Å². The molecule has 0 bridgehead atoms. The molecule has 31 heavy (non-hydrogen) atoms. The van der Waals surface area contributed by atoms with Crippen LogP contribution in [0, 0.1) is 5.82 Å². The second kappa shape index (κ2) is 10.6. The van der Waals surface area contributed by atoms with Crippen molar-refractivity contribution in [2.24, 2.45) is 4.99 Å². The minimum atomic E-state index is -3.45. The average molecular weight is 449 g/mol. The van der Waals surface area contributed by atoms with E-state index >= 15 is 0 Å². The zero-order valence-corrected chi connectivity index (χ0v) is 18.6. The summed E-state index contributed by atoms with van der Waals surface area (Å²) < 4.78 is 45.9. The lowest BCUT2D eigenvalue weighted by Gasteiger charge is -2.17. The van der Waals surface area contributed by atoms with Gasteiger partial charge in [0.2, 0.25) is 10.0 Å². The first-order chi connectivity index (χ1) is 14.9. The summed E-state index contributed by atoms with van der Waals surface area (Å²) in [5.41, 5.74) is 0.901. The summed E-state index contributed by atoms with van der Waals surface area (Å²) in [6.45, 7) is 5.49. The summed E-state index contributed by atoms with van der Waals surface area (Å²) in [6.07, 6.45) is 1.65. The first-order valence-electron chi connectivity index (χ1n) is 10.4. The number of hydrogen-bond donors (Lipinski definition) is 3. The van der Waals surface area contributed by atoms with Crippen LogP contribution in [-0.4, -0.2) is 39.6 Å². The number of aliphatic imine (C=N–C) groups is 1. The van der Waals surface area contributed by atoms with Gasteiger partial charge in [-0.15, -0.1) is 0 Å². The van der Waals surface area contributed by atoms with E-state index in [2.05, 4.69) is 20.3 Å². The fourth-order valence-electron chi connectivity index (χ4n) is 2.80. The number of guanidine groups is 1. The van der Waals surface area contributed by atoms with Crippen LogP contribution in [0.5, 0.6) is 5.75 Å². The molecule has 1 atom stereocenters. The Morgan fingerprint density at radius 3 is 2.42 bits per heavy atom. The third-order valence-electron chi connectivity index (χ3n) is 4.60. The second-order valence-electron chi connectivity index (χ2n) is 7.50. The minimum Gasteiger partial charge on any atom is -0.489 e. The van der Waals surface area contributed by atoms with Crippen LogP contribution in [0.1, 0.15) is 32.3 Å². The molecule has 0 amide bonds. The number of nitrogens with one attached hydrogen (secondary N) is 3. The Morgan fingerprint density at radius 1 is 1.13 bits per heavy atom. The van der Waals surface area contributed by atoms with Crippen molar-refractivity contribution in [3.8, 4) is 5.75 Å². The molecule has 9 heteroatoms. The van der Waals surface area contributed by atoms with Crippen LogP contribution in [0.15, 0.2) is 58.4 Å². The van der Waals surface area contributed by atoms with Gasteiger partial charge in [-0.2, -0.15) is 0 Å². The van der Waals surface area contributed by atoms with Crippen LogP contribution in [0.4, 0.5) is 4.39 Å². The van der Waals surface area contributed by atoms with Gasteiger partial charge >= 0.3 is 0 Å². The number of sulfonamides is 1. The molecular formula is C22H29FN4O3S. The maximum absolute atomic E-state index is 13.0. The van der Waals surface area contributed by atoms with Gasteiger partial charge in [0.25, 0.3) is 0 Å². The van der Waals surface area contributed by atoms with Gasteiger partial charge in [-0.3, -0.25) is 0 Å². The Labute approximate surface area is 183 Å². The summed E-state index contributed by atoms with van der Waals surface area (Å²) >= 11 is 0. The van der Waals surface area contributed by atoms with Crippen LogP contribution in [-0.2, 0) is 16.6 Å². The molecule has 0 radical (unpaired) electrons. The van der Waals surface area contributed by atoms with E-state index in [1.54, 1.807) is 36.4 Å². The molecule has 0 saturated heterocycles. The smallest absolute Gasteiger partial charge is 0.240 e. The Balaban J connectivity index is 1.53. The highest BCUT2D eigenvalue weighted by Gasteiger charge is 2.27. The summed E-state index contributed by atoms with van der Waals surface area (Å²) in [7, 11) is -3.45. The van der Waals surface area contributed by atoms with Crippen molar-refractivity contribution >= 4 is 16.0 Å². The predicted molar refractivity (Wildman–Crippen MR) is 119 cm³/mol. The molecule has 0 spiro atoms. The van der Waals surface area contributed by atoms with Crippen LogP contribution >= 0.6 is 0 Å². The number of halogens is 1. The standard InChI is InChI=1S/C22H29FN4O3S/c1-3-24-22(25-14-16(2)30-20-10-6-18(23)7-11-20)26-15-17-4-12-21(13-5-17)31(28,29)27-19-8-9-19/h4-7,10-13,16,19,27H,3,8-9,14-15H2,1-2H3,(H2,24,25,26). The topological polar surface area (TPSA) is 91.8 Å². The lowest BCUT2D eigenvalue weighted by molar-refractivity contribution is 0.223. The van der Waals surface area contributed by atoms with Crippen molar-refractivity contribution in [1.82, 2.24) is 15.4 Å². The van der Waals surface area contributed by atoms with Gasteiger partial charge in [-0.1, -0.05) is 12.1 Å². The van der Waals surface area contributed by atoms with Crippen molar-refractivity contribution < 1.29 is 17.5 Å². The number of ether oxygens (including phenoxy) is 1. The molecule has 0 aliphatic heterocycles. The van der Waals surface area contributed by atoms with Gasteiger partial charge in [-0.05, 0) is 68.7 Å². The highest BCUT2D eigenvalue weighted by Crippen LogP contribution is 2.22. The molecule has 2 aromatic rings. The molecule has 3 N–H and O–H groups in total. The van der Waals surface area contributed by atoms with Gasteiger partial charge < -0.3 is 15.4 Å². The molecule has 1 fully saturated rings. The zero-order chi connectivity index (χ0) is 22.3. The Bertz CT molecular complexity index is 975. The average Bonchev–Trinajstić information content (AvgIpc) is 3.55. The van der Waals surface area contributed by atoms with Gasteiger partial charge in [0.05, 0.1) is 18.0 Å². The molecule has 0 heterocycles. The molecule has 1 saturated carbocycles. The second-order valence-corrected chi connectivity index (χ2v) is 9.21. The first kappa shape index (κ1) is 23.0. The van der Waals surface area contributed by atoms with Crippen LogP contribution in [0.25, 0.3) is 0 Å². The van der Waals surface area contributed by atoms with Gasteiger partial charge in [-0.25, -0.2) is 22.5 Å². The molecule has 3 rings (SSSR count). The summed E-state index contributed by atoms with van der Waals surface area (Å²) in [5, 5.41) is 6.39. The van der Waals surface area contributed by atoms with E-state index in [9.17, 15) is 12.8 Å². The summed E-state index contributed by atoms with van der Waals surface area (Å²) in [6, 6.07) is 12.7. The number of nitrogens with zero attached hydrogens (tertiary/aromatic N) is 1. The van der Waals surface area contributed by atoms with Crippen molar-refractivity contribution in [2.45, 2.75) is 50.3 Å². The van der Waals surface area contributed by atoms with E-state index in [-0.39, 0.29) is 22.9 Å². The zero-order valence-electron chi connectivity index (χ0n) is 17.8. The molecule has 1 aliphatic carbocycles. The maximum atomic E-state index is 13.0. The Morgan fingerprint density at radius 2 is 1.81 bits per heavy atom. The van der Waals surface area contributed by atoms with Crippen LogP contribution < -0.4 is 20.1 Å². The first-order valence-corrected chi connectivity index (χ1v) is 11.9. The number of hydrogen-bond acceptors (Lipinski definition) is 4. The van der Waals surface area contributed by atoms with Crippen molar-refractivity contribution in [2.75, 3.05) is 13.1 Å². The van der Waals surface area contributed by atoms with E-state index in [1.807, 2.05) is 13.8 Å². The lowest BCUT2D eigenvalue weighted by atomic mass is 10.2.